The molecule has 0 radical (unpaired) electrons. The third-order valence-corrected chi connectivity index (χ3v) is 2.79. The molecule has 2 heterocycles. The van der Waals surface area contributed by atoms with E-state index in [1.54, 1.807) is 6.07 Å². The predicted octanol–water partition coefficient (Wildman–Crippen LogP) is 1.84. The highest BCUT2D eigenvalue weighted by Gasteiger charge is 2.10. The Morgan fingerprint density at radius 3 is 2.75 bits per heavy atom. The molecule has 0 spiro atoms. The van der Waals surface area contributed by atoms with Crippen LogP contribution in [-0.2, 0) is 6.42 Å². The fraction of sp³-hybridized carbons (Fsp3) is 0.500. The molecule has 2 aromatic rings. The molecule has 0 fully saturated rings. The summed E-state index contributed by atoms with van der Waals surface area (Å²) in [5.74, 6) is 0.509. The number of rotatable bonds is 2. The van der Waals surface area contributed by atoms with E-state index in [2.05, 4.69) is 23.9 Å². The van der Waals surface area contributed by atoms with Crippen LogP contribution in [-0.4, -0.2) is 14.6 Å². The van der Waals surface area contributed by atoms with Crippen molar-refractivity contribution in [1.29, 1.82) is 0 Å². The molecule has 0 aliphatic heterocycles. The predicted molar refractivity (Wildman–Crippen MR) is 63.8 cm³/mol. The quantitative estimate of drug-likeness (QED) is 0.837. The second-order valence-electron chi connectivity index (χ2n) is 4.69. The zero-order valence-electron chi connectivity index (χ0n) is 10.2. The molecule has 0 saturated heterocycles. The molecule has 0 amide bonds. The summed E-state index contributed by atoms with van der Waals surface area (Å²) in [6.07, 6.45) is 0.862. The Bertz CT molecular complexity index is 578. The van der Waals surface area contributed by atoms with Crippen molar-refractivity contribution in [3.63, 3.8) is 0 Å². The highest BCUT2D eigenvalue weighted by Crippen LogP contribution is 2.13. The van der Waals surface area contributed by atoms with Crippen LogP contribution in [0.2, 0.25) is 0 Å². The van der Waals surface area contributed by atoms with E-state index < -0.39 is 0 Å². The SMILES string of the molecule is Cc1nn2c(CC(C)C)cc(=O)[nH]c2c1C. The third-order valence-electron chi connectivity index (χ3n) is 2.79. The first-order chi connectivity index (χ1) is 7.49. The molecule has 4 heteroatoms. The van der Waals surface area contributed by atoms with Gasteiger partial charge in [0.15, 0.2) is 0 Å². The van der Waals surface area contributed by atoms with Crippen molar-refractivity contribution < 1.29 is 0 Å². The van der Waals surface area contributed by atoms with Gasteiger partial charge in [-0.15, -0.1) is 0 Å². The van der Waals surface area contributed by atoms with Crippen LogP contribution in [0, 0.1) is 19.8 Å². The summed E-state index contributed by atoms with van der Waals surface area (Å²) in [4.78, 5) is 14.4. The van der Waals surface area contributed by atoms with Crippen molar-refractivity contribution in [3.05, 3.63) is 33.4 Å². The van der Waals surface area contributed by atoms with Crippen molar-refractivity contribution in [2.24, 2.45) is 5.92 Å². The number of hydrogen-bond acceptors (Lipinski definition) is 2. The van der Waals surface area contributed by atoms with E-state index in [9.17, 15) is 4.79 Å². The Hall–Kier alpha value is -1.58. The molecule has 0 aliphatic rings. The van der Waals surface area contributed by atoms with Crippen molar-refractivity contribution >= 4 is 5.65 Å². The van der Waals surface area contributed by atoms with Gasteiger partial charge in [0.1, 0.15) is 5.65 Å². The zero-order chi connectivity index (χ0) is 11.9. The number of aryl methyl sites for hydroxylation is 2. The number of hydrogen-bond donors (Lipinski definition) is 1. The minimum Gasteiger partial charge on any atom is -0.307 e. The number of nitrogens with one attached hydrogen (secondary N) is 1. The van der Waals surface area contributed by atoms with Crippen LogP contribution in [0.4, 0.5) is 0 Å². The first-order valence-electron chi connectivity index (χ1n) is 5.57. The molecule has 86 valence electrons. The lowest BCUT2D eigenvalue weighted by atomic mass is 10.1. The van der Waals surface area contributed by atoms with E-state index in [-0.39, 0.29) is 5.56 Å². The van der Waals surface area contributed by atoms with Gasteiger partial charge in [-0.2, -0.15) is 5.10 Å². The standard InChI is InChI=1S/C12H17N3O/c1-7(2)5-10-6-11(16)13-12-8(3)9(4)14-15(10)12/h6-7H,5H2,1-4H3,(H,13,16). The van der Waals surface area contributed by atoms with Crippen LogP contribution >= 0.6 is 0 Å². The maximum atomic E-state index is 11.6. The monoisotopic (exact) mass is 219 g/mol. The van der Waals surface area contributed by atoms with Gasteiger partial charge in [-0.1, -0.05) is 13.8 Å². The molecule has 0 aliphatic carbocycles. The molecule has 16 heavy (non-hydrogen) atoms. The van der Waals surface area contributed by atoms with Gasteiger partial charge in [0.05, 0.1) is 11.4 Å². The lowest BCUT2D eigenvalue weighted by Crippen LogP contribution is -2.13. The van der Waals surface area contributed by atoms with Crippen molar-refractivity contribution in [3.8, 4) is 0 Å². The number of H-pyrrole nitrogens is 1. The Morgan fingerprint density at radius 2 is 2.12 bits per heavy atom. The van der Waals surface area contributed by atoms with Crippen LogP contribution < -0.4 is 5.56 Å². The number of aromatic nitrogens is 3. The van der Waals surface area contributed by atoms with E-state index >= 15 is 0 Å². The Labute approximate surface area is 94.3 Å². The van der Waals surface area contributed by atoms with Crippen LogP contribution in [0.25, 0.3) is 5.65 Å². The largest absolute Gasteiger partial charge is 0.307 e. The molecule has 1 N–H and O–H groups in total. The van der Waals surface area contributed by atoms with Gasteiger partial charge in [-0.3, -0.25) is 4.79 Å². The highest BCUT2D eigenvalue weighted by molar-refractivity contribution is 5.49. The topological polar surface area (TPSA) is 50.2 Å². The maximum absolute atomic E-state index is 11.6. The summed E-state index contributed by atoms with van der Waals surface area (Å²) < 4.78 is 1.85. The minimum absolute atomic E-state index is 0.0499. The fourth-order valence-corrected chi connectivity index (χ4v) is 1.89. The average molecular weight is 219 g/mol. The first-order valence-corrected chi connectivity index (χ1v) is 5.57. The molecular formula is C12H17N3O. The van der Waals surface area contributed by atoms with Gasteiger partial charge >= 0.3 is 0 Å². The molecule has 0 aromatic carbocycles. The zero-order valence-corrected chi connectivity index (χ0v) is 10.2. The normalized spacial score (nSPS) is 11.6. The average Bonchev–Trinajstić information content (AvgIpc) is 2.44. The van der Waals surface area contributed by atoms with Gasteiger partial charge in [-0.25, -0.2) is 4.52 Å². The molecule has 0 bridgehead atoms. The third kappa shape index (κ3) is 1.75. The molecule has 4 nitrogen and oxygen atoms in total. The van der Waals surface area contributed by atoms with Gasteiger partial charge in [0.25, 0.3) is 5.56 Å². The summed E-state index contributed by atoms with van der Waals surface area (Å²) in [5.41, 5.74) is 3.76. The number of fused-ring (bicyclic) bond motifs is 1. The van der Waals surface area contributed by atoms with Crippen LogP contribution in [0.1, 0.15) is 30.8 Å². The molecule has 0 unspecified atom stereocenters. The Kier molecular flexibility index (Phi) is 2.58. The Balaban J connectivity index is 2.73. The summed E-state index contributed by atoms with van der Waals surface area (Å²) in [6.45, 7) is 8.21. The fourth-order valence-electron chi connectivity index (χ4n) is 1.89. The van der Waals surface area contributed by atoms with E-state index in [1.165, 1.54) is 0 Å². The summed E-state index contributed by atoms with van der Waals surface area (Å²) in [7, 11) is 0. The van der Waals surface area contributed by atoms with Gasteiger partial charge in [0.2, 0.25) is 0 Å². The van der Waals surface area contributed by atoms with E-state index in [0.29, 0.717) is 5.92 Å². The molecule has 0 saturated carbocycles. The lowest BCUT2D eigenvalue weighted by Gasteiger charge is -2.06. The summed E-state index contributed by atoms with van der Waals surface area (Å²) in [5, 5.41) is 4.45. The summed E-state index contributed by atoms with van der Waals surface area (Å²) >= 11 is 0. The van der Waals surface area contributed by atoms with Crippen LogP contribution in [0.3, 0.4) is 0 Å². The number of nitrogens with zero attached hydrogens (tertiary/aromatic N) is 2. The van der Waals surface area contributed by atoms with Crippen molar-refractivity contribution in [1.82, 2.24) is 14.6 Å². The second kappa shape index (κ2) is 3.77. The van der Waals surface area contributed by atoms with Crippen molar-refractivity contribution in [2.45, 2.75) is 34.1 Å². The van der Waals surface area contributed by atoms with E-state index in [4.69, 9.17) is 0 Å². The minimum atomic E-state index is -0.0499. The maximum Gasteiger partial charge on any atom is 0.251 e. The summed E-state index contributed by atoms with van der Waals surface area (Å²) in [6, 6.07) is 1.64. The van der Waals surface area contributed by atoms with E-state index in [1.807, 2.05) is 18.4 Å². The van der Waals surface area contributed by atoms with Gasteiger partial charge in [0, 0.05) is 11.6 Å². The second-order valence-corrected chi connectivity index (χ2v) is 4.69. The van der Waals surface area contributed by atoms with Crippen LogP contribution in [0.5, 0.6) is 0 Å². The number of aromatic amines is 1. The molecular weight excluding hydrogens is 202 g/mol. The lowest BCUT2D eigenvalue weighted by molar-refractivity contribution is 0.617. The van der Waals surface area contributed by atoms with Crippen molar-refractivity contribution in [2.75, 3.05) is 0 Å². The Morgan fingerprint density at radius 1 is 1.44 bits per heavy atom. The first kappa shape index (κ1) is 10.9. The van der Waals surface area contributed by atoms with Gasteiger partial charge < -0.3 is 4.98 Å². The molecule has 2 rings (SSSR count). The smallest absolute Gasteiger partial charge is 0.251 e. The highest BCUT2D eigenvalue weighted by atomic mass is 16.1. The molecule has 0 atom stereocenters. The van der Waals surface area contributed by atoms with Gasteiger partial charge in [-0.05, 0) is 26.2 Å². The van der Waals surface area contributed by atoms with E-state index in [0.717, 1.165) is 29.0 Å². The molecule has 2 aromatic heterocycles. The van der Waals surface area contributed by atoms with Crippen LogP contribution in [0.15, 0.2) is 10.9 Å².